The Balaban J connectivity index is 0.00000174. The van der Waals surface area contributed by atoms with Crippen LogP contribution in [-0.2, 0) is 16.2 Å². The van der Waals surface area contributed by atoms with E-state index >= 15 is 0 Å². The summed E-state index contributed by atoms with van der Waals surface area (Å²) in [5.41, 5.74) is -0.646. The highest BCUT2D eigenvalue weighted by atomic mass is 19.3. The van der Waals surface area contributed by atoms with Gasteiger partial charge in [-0.3, -0.25) is 10.1 Å². The predicted octanol–water partition coefficient (Wildman–Crippen LogP) is 6.20. The third-order valence-electron chi connectivity index (χ3n) is 4.95. The minimum absolute atomic E-state index is 0.153. The van der Waals surface area contributed by atoms with Gasteiger partial charge in [0.05, 0.1) is 12.8 Å². The van der Waals surface area contributed by atoms with E-state index in [0.29, 0.717) is 12.8 Å². The van der Waals surface area contributed by atoms with Gasteiger partial charge < -0.3 is 19.6 Å². The minimum atomic E-state index is -4.92. The number of nitrogens with one attached hydrogen (secondary N) is 2. The first-order valence-electron chi connectivity index (χ1n) is 11.7. The zero-order valence-electron chi connectivity index (χ0n) is 22.9. The van der Waals surface area contributed by atoms with Crippen molar-refractivity contribution in [3.8, 4) is 18.6 Å². The van der Waals surface area contributed by atoms with E-state index in [-0.39, 0.29) is 16.7 Å². The van der Waals surface area contributed by atoms with Gasteiger partial charge in [0.1, 0.15) is 36.7 Å². The molecule has 0 aliphatic rings. The molecule has 1 atom stereocenters. The van der Waals surface area contributed by atoms with Crippen molar-refractivity contribution in [1.82, 2.24) is 10.6 Å². The van der Waals surface area contributed by atoms with Gasteiger partial charge in [-0.1, -0.05) is 12.1 Å². The number of hydrogen-bond acceptors (Lipinski definition) is 5. The number of halogens is 8. The molecule has 0 aromatic heterocycles. The molecule has 43 heavy (non-hydrogen) atoms. The molecular weight excluding hydrogens is 592 g/mol. The summed E-state index contributed by atoms with van der Waals surface area (Å²) in [5.74, 6) is -4.54. The van der Waals surface area contributed by atoms with Gasteiger partial charge in [-0.25, -0.2) is 17.6 Å². The average Bonchev–Trinajstić information content (AvgIpc) is 2.98. The quantitative estimate of drug-likeness (QED) is 0.160. The van der Waals surface area contributed by atoms with Crippen molar-refractivity contribution in [3.63, 3.8) is 0 Å². The lowest BCUT2D eigenvalue weighted by Crippen LogP contribution is -2.33. The maximum Gasteiger partial charge on any atom is 0.461 e. The van der Waals surface area contributed by atoms with Gasteiger partial charge in [-0.05, 0) is 60.6 Å². The molecule has 3 rings (SSSR count). The Labute approximate surface area is 243 Å². The van der Waals surface area contributed by atoms with Gasteiger partial charge in [0, 0.05) is 24.3 Å². The SMILES string of the molecule is C#C.C=O.CNCOC.O=C(N[C@H](c1ccc(F)cc1)c1cc(F)cc(OC(F)(F)C(F)F)c1)c1ccc(F)c(CF)c1. The van der Waals surface area contributed by atoms with Crippen molar-refractivity contribution >= 4 is 12.7 Å². The zero-order chi connectivity index (χ0) is 33.2. The summed E-state index contributed by atoms with van der Waals surface area (Å²) < 4.78 is 114. The van der Waals surface area contributed by atoms with E-state index in [2.05, 4.69) is 33.0 Å². The van der Waals surface area contributed by atoms with E-state index in [4.69, 9.17) is 4.79 Å². The van der Waals surface area contributed by atoms with E-state index in [1.165, 1.54) is 12.1 Å². The molecule has 0 saturated heterocycles. The van der Waals surface area contributed by atoms with Gasteiger partial charge in [-0.2, -0.15) is 17.6 Å². The molecule has 0 spiro atoms. The number of terminal acetylenes is 1. The van der Waals surface area contributed by atoms with Crippen molar-refractivity contribution in [3.05, 3.63) is 100 Å². The topological polar surface area (TPSA) is 76.7 Å². The Hall–Kier alpha value is -4.48. The lowest BCUT2D eigenvalue weighted by molar-refractivity contribution is -0.253. The fourth-order valence-electron chi connectivity index (χ4n) is 3.20. The maximum atomic E-state index is 14.2. The van der Waals surface area contributed by atoms with Gasteiger partial charge in [-0.15, -0.1) is 12.8 Å². The van der Waals surface area contributed by atoms with Crippen molar-refractivity contribution in [2.75, 3.05) is 20.9 Å². The van der Waals surface area contributed by atoms with Crippen molar-refractivity contribution in [2.45, 2.75) is 25.3 Å². The Morgan fingerprint density at radius 3 is 2.02 bits per heavy atom. The zero-order valence-corrected chi connectivity index (χ0v) is 22.9. The van der Waals surface area contributed by atoms with Crippen LogP contribution in [0.3, 0.4) is 0 Å². The van der Waals surface area contributed by atoms with Crippen LogP contribution in [0.15, 0.2) is 60.7 Å². The van der Waals surface area contributed by atoms with E-state index < -0.39 is 59.9 Å². The molecule has 2 N–H and O–H groups in total. The minimum Gasteiger partial charge on any atom is -0.428 e. The second kappa shape index (κ2) is 19.6. The van der Waals surface area contributed by atoms with Gasteiger partial charge in [0.15, 0.2) is 0 Å². The first-order valence-corrected chi connectivity index (χ1v) is 11.7. The van der Waals surface area contributed by atoms with Crippen LogP contribution in [0.2, 0.25) is 0 Å². The fourth-order valence-corrected chi connectivity index (χ4v) is 3.20. The highest BCUT2D eigenvalue weighted by molar-refractivity contribution is 5.94. The molecule has 0 bridgehead atoms. The Bertz CT molecular complexity index is 1290. The first kappa shape index (κ1) is 38.5. The van der Waals surface area contributed by atoms with Crippen LogP contribution in [0.5, 0.6) is 5.75 Å². The van der Waals surface area contributed by atoms with Crippen LogP contribution in [0.4, 0.5) is 35.1 Å². The number of carbonyl (C=O) groups is 2. The first-order chi connectivity index (χ1) is 20.4. The monoisotopic (exact) mass is 620 g/mol. The molecule has 234 valence electrons. The summed E-state index contributed by atoms with van der Waals surface area (Å²) >= 11 is 0. The molecule has 14 heteroatoms. The maximum absolute atomic E-state index is 14.2. The summed E-state index contributed by atoms with van der Waals surface area (Å²) in [6, 6.07) is 8.02. The summed E-state index contributed by atoms with van der Waals surface area (Å²) in [7, 11) is 3.49. The highest BCUT2D eigenvalue weighted by Crippen LogP contribution is 2.32. The molecule has 3 aromatic carbocycles. The van der Waals surface area contributed by atoms with E-state index in [0.717, 1.165) is 42.5 Å². The molecule has 0 radical (unpaired) electrons. The number of carbonyl (C=O) groups excluding carboxylic acids is 2. The van der Waals surface area contributed by atoms with Crippen molar-refractivity contribution in [1.29, 1.82) is 0 Å². The molecule has 0 saturated carbocycles. The third kappa shape index (κ3) is 12.5. The fraction of sp³-hybridized carbons (Fsp3) is 0.241. The largest absolute Gasteiger partial charge is 0.461 e. The smallest absolute Gasteiger partial charge is 0.428 e. The number of ether oxygens (including phenoxy) is 2. The lowest BCUT2D eigenvalue weighted by Gasteiger charge is -2.22. The number of rotatable bonds is 10. The molecular formula is C29H28F8N2O4. The summed E-state index contributed by atoms with van der Waals surface area (Å²) in [4.78, 5) is 20.8. The predicted molar refractivity (Wildman–Crippen MR) is 143 cm³/mol. The van der Waals surface area contributed by atoms with Crippen molar-refractivity contribution < 1.29 is 54.2 Å². The molecule has 3 aromatic rings. The third-order valence-corrected chi connectivity index (χ3v) is 4.95. The number of amides is 1. The molecule has 0 unspecified atom stereocenters. The van der Waals surface area contributed by atoms with Gasteiger partial charge in [0.2, 0.25) is 0 Å². The van der Waals surface area contributed by atoms with E-state index in [1.54, 1.807) is 7.11 Å². The summed E-state index contributed by atoms with van der Waals surface area (Å²) in [5, 5.41) is 5.23. The summed E-state index contributed by atoms with van der Waals surface area (Å²) in [6.07, 6.45) is -1.12. The van der Waals surface area contributed by atoms with Crippen LogP contribution in [0, 0.1) is 30.3 Å². The normalized spacial score (nSPS) is 11.0. The van der Waals surface area contributed by atoms with Gasteiger partial charge >= 0.3 is 12.5 Å². The van der Waals surface area contributed by atoms with Crippen LogP contribution in [-0.4, -0.2) is 46.1 Å². The average molecular weight is 621 g/mol. The Morgan fingerprint density at radius 2 is 1.53 bits per heavy atom. The lowest BCUT2D eigenvalue weighted by atomic mass is 9.97. The molecule has 0 heterocycles. The van der Waals surface area contributed by atoms with Crippen LogP contribution in [0.25, 0.3) is 0 Å². The molecule has 0 aliphatic carbocycles. The second-order valence-corrected chi connectivity index (χ2v) is 7.87. The highest BCUT2D eigenvalue weighted by Gasteiger charge is 2.44. The molecule has 0 fully saturated rings. The molecule has 1 amide bonds. The number of methoxy groups -OCH3 is 1. The van der Waals surface area contributed by atoms with Crippen LogP contribution < -0.4 is 15.4 Å². The Kier molecular flexibility index (Phi) is 17.6. The van der Waals surface area contributed by atoms with E-state index in [9.17, 15) is 39.9 Å². The summed E-state index contributed by atoms with van der Waals surface area (Å²) in [6.45, 7) is 1.44. The number of benzene rings is 3. The van der Waals surface area contributed by atoms with E-state index in [1.807, 2.05) is 13.8 Å². The van der Waals surface area contributed by atoms with Gasteiger partial charge in [0.25, 0.3) is 5.91 Å². The standard InChI is InChI=1S/C23H15F8NO2.C3H9NO.C2H2.CH2O/c24-11-15-7-13(3-6-19(15)27)21(33)32-20(12-1-4-16(25)5-2-12)14-8-17(26)10-18(9-14)34-23(30,31)22(28)29;1-4-3-5-2;2*1-2/h1-10,20,22H,11H2,(H,32,33);4H,3H2,1-2H3;1-2H;1H2/t20-;;;/m1.../s1. The number of alkyl halides is 5. The van der Waals surface area contributed by atoms with Crippen LogP contribution in [0.1, 0.15) is 33.1 Å². The molecule has 6 nitrogen and oxygen atoms in total. The van der Waals surface area contributed by atoms with Crippen LogP contribution >= 0.6 is 0 Å². The second-order valence-electron chi connectivity index (χ2n) is 7.87. The number of hydrogen-bond donors (Lipinski definition) is 2. The molecule has 0 aliphatic heterocycles. The van der Waals surface area contributed by atoms with Crippen molar-refractivity contribution in [2.24, 2.45) is 0 Å². The Morgan fingerprint density at radius 1 is 0.930 bits per heavy atom.